The normalized spacial score (nSPS) is 38.6. The number of hydrogen-bond acceptors (Lipinski definition) is 9. The zero-order chi connectivity index (χ0) is 21.3. The van der Waals surface area contributed by atoms with Gasteiger partial charge in [-0.1, -0.05) is 24.3 Å². The molecule has 0 saturated carbocycles. The molecule has 0 radical (unpaired) electrons. The first kappa shape index (κ1) is 20.9. The first-order valence-corrected chi connectivity index (χ1v) is 9.03. The van der Waals surface area contributed by atoms with E-state index in [2.05, 4.69) is 13.2 Å². The van der Waals surface area contributed by atoms with Crippen LogP contribution in [0.15, 0.2) is 37.5 Å². The third-order valence-electron chi connectivity index (χ3n) is 5.47. The summed E-state index contributed by atoms with van der Waals surface area (Å²) in [5, 5.41) is 0. The van der Waals surface area contributed by atoms with Crippen LogP contribution in [0.5, 0.6) is 0 Å². The molecule has 0 amide bonds. The van der Waals surface area contributed by atoms with Crippen molar-refractivity contribution in [1.29, 1.82) is 0 Å². The lowest BCUT2D eigenvalue weighted by Gasteiger charge is -2.18. The number of carbonyl (C=O) groups is 4. The van der Waals surface area contributed by atoms with Gasteiger partial charge >= 0.3 is 23.9 Å². The molecule has 3 rings (SSSR count). The van der Waals surface area contributed by atoms with E-state index in [0.29, 0.717) is 0 Å². The number of methoxy groups -OCH3 is 2. The molecule has 3 fully saturated rings. The standard InChI is InChI=1S/C20H22O9/c1-5-9-13(17(21)25-3)15(18(22)26-4)11(27-9)7-8-12-16-14(10(6-2)28-12)19(23)29-20(16)24/h5-16H,1-2H2,3-4H3/b8-7-. The number of hydrogen-bond donors (Lipinski definition) is 0. The van der Waals surface area contributed by atoms with Gasteiger partial charge in [-0.3, -0.25) is 19.2 Å². The molecule has 0 aromatic heterocycles. The second-order valence-corrected chi connectivity index (χ2v) is 6.88. The summed E-state index contributed by atoms with van der Waals surface area (Å²) in [5.41, 5.74) is 0. The van der Waals surface area contributed by atoms with Crippen molar-refractivity contribution in [2.75, 3.05) is 14.2 Å². The molecule has 9 nitrogen and oxygen atoms in total. The van der Waals surface area contributed by atoms with Gasteiger partial charge < -0.3 is 23.7 Å². The minimum absolute atomic E-state index is 0.630. The fourth-order valence-electron chi connectivity index (χ4n) is 4.10. The lowest BCUT2D eigenvalue weighted by molar-refractivity contribution is -0.157. The molecule has 3 aliphatic rings. The van der Waals surface area contributed by atoms with Crippen molar-refractivity contribution >= 4 is 23.9 Å². The highest BCUT2D eigenvalue weighted by Gasteiger charge is 2.57. The van der Waals surface area contributed by atoms with E-state index in [1.807, 2.05) is 0 Å². The predicted octanol–water partition coefficient (Wildman–Crippen LogP) is 0.344. The summed E-state index contributed by atoms with van der Waals surface area (Å²) >= 11 is 0. The van der Waals surface area contributed by atoms with E-state index < -0.39 is 72.0 Å². The van der Waals surface area contributed by atoms with Crippen molar-refractivity contribution in [3.05, 3.63) is 37.5 Å². The van der Waals surface area contributed by atoms with Crippen molar-refractivity contribution in [3.8, 4) is 0 Å². The van der Waals surface area contributed by atoms with E-state index in [9.17, 15) is 19.2 Å². The quantitative estimate of drug-likeness (QED) is 0.267. The Kier molecular flexibility index (Phi) is 5.99. The molecule has 156 valence electrons. The van der Waals surface area contributed by atoms with E-state index >= 15 is 0 Å². The number of esters is 4. The van der Waals surface area contributed by atoms with Crippen molar-refractivity contribution in [2.24, 2.45) is 23.7 Å². The van der Waals surface area contributed by atoms with Crippen LogP contribution in [0.4, 0.5) is 0 Å². The molecule has 0 bridgehead atoms. The third-order valence-corrected chi connectivity index (χ3v) is 5.47. The molecule has 3 heterocycles. The largest absolute Gasteiger partial charge is 0.469 e. The maximum Gasteiger partial charge on any atom is 0.320 e. The lowest BCUT2D eigenvalue weighted by Crippen LogP contribution is -2.35. The van der Waals surface area contributed by atoms with E-state index in [0.717, 1.165) is 0 Å². The lowest BCUT2D eigenvalue weighted by atomic mass is 9.85. The Morgan fingerprint density at radius 2 is 1.24 bits per heavy atom. The fourth-order valence-corrected chi connectivity index (χ4v) is 4.10. The Hall–Kier alpha value is -2.78. The molecule has 0 spiro atoms. The van der Waals surface area contributed by atoms with E-state index in [4.69, 9.17) is 23.7 Å². The minimum Gasteiger partial charge on any atom is -0.469 e. The number of ether oxygens (including phenoxy) is 5. The van der Waals surface area contributed by atoms with Gasteiger partial charge in [-0.25, -0.2) is 0 Å². The SMILES string of the molecule is C=CC1OC(/C=C\C2OC(C=C)C3C(=O)OC(=O)C23)C(C(=O)OC)C1C(=O)OC. The molecule has 0 aromatic carbocycles. The van der Waals surface area contributed by atoms with Gasteiger partial charge in [0.1, 0.15) is 23.7 Å². The summed E-state index contributed by atoms with van der Waals surface area (Å²) in [5.74, 6) is -6.09. The number of carbonyl (C=O) groups excluding carboxylic acids is 4. The van der Waals surface area contributed by atoms with Gasteiger partial charge in [0.2, 0.25) is 0 Å². The molecule has 29 heavy (non-hydrogen) atoms. The Balaban J connectivity index is 1.86. The van der Waals surface area contributed by atoms with Gasteiger partial charge in [0.15, 0.2) is 0 Å². The maximum absolute atomic E-state index is 12.3. The Morgan fingerprint density at radius 3 is 1.76 bits per heavy atom. The highest BCUT2D eigenvalue weighted by atomic mass is 16.6. The van der Waals surface area contributed by atoms with Crippen molar-refractivity contribution in [2.45, 2.75) is 24.4 Å². The van der Waals surface area contributed by atoms with Crippen LogP contribution in [0, 0.1) is 23.7 Å². The van der Waals surface area contributed by atoms with Crippen LogP contribution in [0.1, 0.15) is 0 Å². The van der Waals surface area contributed by atoms with Gasteiger partial charge in [0.05, 0.1) is 38.6 Å². The summed E-state index contributed by atoms with van der Waals surface area (Å²) in [6.07, 6.45) is 2.83. The minimum atomic E-state index is -0.976. The van der Waals surface area contributed by atoms with Crippen LogP contribution in [0.3, 0.4) is 0 Å². The van der Waals surface area contributed by atoms with Gasteiger partial charge in [0, 0.05) is 0 Å². The number of rotatable bonds is 6. The number of fused-ring (bicyclic) bond motifs is 1. The zero-order valence-electron chi connectivity index (χ0n) is 16.0. The van der Waals surface area contributed by atoms with Crippen LogP contribution in [-0.2, 0) is 42.9 Å². The average molecular weight is 406 g/mol. The van der Waals surface area contributed by atoms with Crippen LogP contribution in [0.25, 0.3) is 0 Å². The summed E-state index contributed by atoms with van der Waals surface area (Å²) in [7, 11) is 2.42. The Bertz CT molecular complexity index is 770. The Labute approximate surface area is 167 Å². The predicted molar refractivity (Wildman–Crippen MR) is 95.9 cm³/mol. The van der Waals surface area contributed by atoms with Crippen molar-refractivity contribution in [3.63, 3.8) is 0 Å². The van der Waals surface area contributed by atoms with Crippen LogP contribution >= 0.6 is 0 Å². The van der Waals surface area contributed by atoms with E-state index in [-0.39, 0.29) is 0 Å². The summed E-state index contributed by atoms with van der Waals surface area (Å²) < 4.78 is 25.9. The molecule has 9 heteroatoms. The van der Waals surface area contributed by atoms with Crippen LogP contribution in [-0.4, -0.2) is 62.5 Å². The van der Waals surface area contributed by atoms with Crippen LogP contribution < -0.4 is 0 Å². The highest BCUT2D eigenvalue weighted by Crippen LogP contribution is 2.41. The Morgan fingerprint density at radius 1 is 0.793 bits per heavy atom. The third kappa shape index (κ3) is 3.51. The van der Waals surface area contributed by atoms with E-state index in [1.165, 1.54) is 38.5 Å². The molecule has 8 atom stereocenters. The van der Waals surface area contributed by atoms with Crippen LogP contribution in [0.2, 0.25) is 0 Å². The van der Waals surface area contributed by atoms with Gasteiger partial charge in [-0.05, 0) is 0 Å². The smallest absolute Gasteiger partial charge is 0.320 e. The monoisotopic (exact) mass is 406 g/mol. The molecular weight excluding hydrogens is 384 g/mol. The molecule has 3 aliphatic heterocycles. The summed E-state index contributed by atoms with van der Waals surface area (Å²) in [4.78, 5) is 48.5. The van der Waals surface area contributed by atoms with Gasteiger partial charge in [-0.2, -0.15) is 0 Å². The molecule has 8 unspecified atom stereocenters. The van der Waals surface area contributed by atoms with Crippen molar-refractivity contribution < 1.29 is 42.9 Å². The highest BCUT2D eigenvalue weighted by molar-refractivity contribution is 5.98. The van der Waals surface area contributed by atoms with Gasteiger partial charge in [0.25, 0.3) is 0 Å². The van der Waals surface area contributed by atoms with E-state index in [1.54, 1.807) is 0 Å². The first-order chi connectivity index (χ1) is 13.9. The first-order valence-electron chi connectivity index (χ1n) is 9.03. The average Bonchev–Trinajstić information content (AvgIpc) is 3.37. The summed E-state index contributed by atoms with van der Waals surface area (Å²) in [6.45, 7) is 7.26. The van der Waals surface area contributed by atoms with Crippen molar-refractivity contribution in [1.82, 2.24) is 0 Å². The fraction of sp³-hybridized carbons (Fsp3) is 0.500. The molecule has 0 N–H and O–H groups in total. The molecule has 3 saturated heterocycles. The molecule has 0 aromatic rings. The second kappa shape index (κ2) is 8.30. The van der Waals surface area contributed by atoms with Gasteiger partial charge in [-0.15, -0.1) is 13.2 Å². The topological polar surface area (TPSA) is 114 Å². The second-order valence-electron chi connectivity index (χ2n) is 6.88. The maximum atomic E-state index is 12.3. The summed E-state index contributed by atoms with van der Waals surface area (Å²) in [6, 6.07) is 0. The molecular formula is C20H22O9. The zero-order valence-corrected chi connectivity index (χ0v) is 16.0. The number of cyclic esters (lactones) is 2. The molecule has 0 aliphatic carbocycles.